The minimum atomic E-state index is -0.634. The highest BCUT2D eigenvalue weighted by atomic mass is 79.9. The van der Waals surface area contributed by atoms with Crippen molar-refractivity contribution in [3.8, 4) is 0 Å². The Hall–Kier alpha value is -1.54. The molecule has 1 N–H and O–H groups in total. The third kappa shape index (κ3) is 2.96. The highest BCUT2D eigenvalue weighted by Crippen LogP contribution is 2.29. The van der Waals surface area contributed by atoms with Crippen LogP contribution in [0.1, 0.15) is 15.4 Å². The number of aromatic nitrogens is 1. The number of ether oxygens (including phenoxy) is 1. The number of anilines is 2. The third-order valence-corrected chi connectivity index (χ3v) is 4.08. The lowest BCUT2D eigenvalue weighted by atomic mass is 10.3. The molecule has 0 atom stereocenters. The van der Waals surface area contributed by atoms with Crippen LogP contribution >= 0.6 is 27.3 Å². The van der Waals surface area contributed by atoms with Crippen molar-refractivity contribution in [3.63, 3.8) is 0 Å². The second-order valence-corrected chi connectivity index (χ2v) is 5.65. The predicted octanol–water partition coefficient (Wildman–Crippen LogP) is 4.02. The number of halogens is 3. The molecule has 0 aliphatic heterocycles. The van der Waals surface area contributed by atoms with Gasteiger partial charge in [0.2, 0.25) is 0 Å². The molecule has 0 aliphatic rings. The molecule has 0 unspecified atom stereocenters. The molecule has 0 aliphatic carbocycles. The molecule has 106 valence electrons. The van der Waals surface area contributed by atoms with Gasteiger partial charge in [-0.2, -0.15) is 0 Å². The Morgan fingerprint density at radius 2 is 2.10 bits per heavy atom. The van der Waals surface area contributed by atoms with Gasteiger partial charge in [-0.1, -0.05) is 11.3 Å². The van der Waals surface area contributed by atoms with Gasteiger partial charge >= 0.3 is 5.97 Å². The lowest BCUT2D eigenvalue weighted by Crippen LogP contribution is -1.99. The van der Waals surface area contributed by atoms with Crippen LogP contribution in [0.3, 0.4) is 0 Å². The number of benzene rings is 1. The van der Waals surface area contributed by atoms with Crippen LogP contribution < -0.4 is 5.32 Å². The summed E-state index contributed by atoms with van der Waals surface area (Å²) >= 11 is 3.90. The second-order valence-electron chi connectivity index (χ2n) is 3.80. The predicted molar refractivity (Wildman–Crippen MR) is 75.5 cm³/mol. The number of nitrogens with one attached hydrogen (secondary N) is 1. The number of thiazole rings is 1. The topological polar surface area (TPSA) is 51.2 Å². The first-order valence-electron chi connectivity index (χ1n) is 5.39. The maximum absolute atomic E-state index is 13.7. The molecule has 0 bridgehead atoms. The molecule has 0 radical (unpaired) electrons. The normalized spacial score (nSPS) is 10.4. The Balaban J connectivity index is 2.31. The van der Waals surface area contributed by atoms with Crippen LogP contribution in [0, 0.1) is 18.6 Å². The van der Waals surface area contributed by atoms with Crippen LogP contribution in [0.4, 0.5) is 19.6 Å². The average Bonchev–Trinajstić information content (AvgIpc) is 2.76. The summed E-state index contributed by atoms with van der Waals surface area (Å²) in [6.07, 6.45) is 0. The van der Waals surface area contributed by atoms with E-state index in [0.29, 0.717) is 10.6 Å². The molecule has 1 heterocycles. The van der Waals surface area contributed by atoms with E-state index in [1.54, 1.807) is 6.92 Å². The van der Waals surface area contributed by atoms with Crippen LogP contribution in [0.2, 0.25) is 0 Å². The SMILES string of the molecule is COC(=O)c1sc(Nc2cc(F)c(Br)cc2F)nc1C. The lowest BCUT2D eigenvalue weighted by Gasteiger charge is -2.05. The first kappa shape index (κ1) is 14.9. The fourth-order valence-electron chi connectivity index (χ4n) is 1.47. The second kappa shape index (κ2) is 5.84. The van der Waals surface area contributed by atoms with Crippen molar-refractivity contribution < 1.29 is 18.3 Å². The first-order valence-corrected chi connectivity index (χ1v) is 7.00. The van der Waals surface area contributed by atoms with E-state index >= 15 is 0 Å². The number of hydrogen-bond donors (Lipinski definition) is 1. The molecular weight excluding hydrogens is 354 g/mol. The van der Waals surface area contributed by atoms with Crippen molar-refractivity contribution in [3.05, 3.63) is 38.8 Å². The summed E-state index contributed by atoms with van der Waals surface area (Å²) in [7, 11) is 1.26. The van der Waals surface area contributed by atoms with Crippen LogP contribution in [0.5, 0.6) is 0 Å². The van der Waals surface area contributed by atoms with Crippen molar-refractivity contribution in [2.75, 3.05) is 12.4 Å². The van der Waals surface area contributed by atoms with E-state index in [9.17, 15) is 13.6 Å². The van der Waals surface area contributed by atoms with E-state index in [1.807, 2.05) is 0 Å². The van der Waals surface area contributed by atoms with Crippen molar-refractivity contribution in [2.24, 2.45) is 0 Å². The number of carbonyl (C=O) groups is 1. The van der Waals surface area contributed by atoms with E-state index in [4.69, 9.17) is 0 Å². The van der Waals surface area contributed by atoms with Gasteiger partial charge < -0.3 is 10.1 Å². The van der Waals surface area contributed by atoms with E-state index in [1.165, 1.54) is 7.11 Å². The Morgan fingerprint density at radius 1 is 1.40 bits per heavy atom. The Labute approximate surface area is 125 Å². The van der Waals surface area contributed by atoms with Crippen LogP contribution in [-0.2, 0) is 4.74 Å². The number of esters is 1. The van der Waals surface area contributed by atoms with Gasteiger partial charge in [-0.3, -0.25) is 0 Å². The van der Waals surface area contributed by atoms with Crippen molar-refractivity contribution in [2.45, 2.75) is 6.92 Å². The minimum Gasteiger partial charge on any atom is -0.465 e. The van der Waals surface area contributed by atoms with Crippen LogP contribution in [-0.4, -0.2) is 18.1 Å². The monoisotopic (exact) mass is 362 g/mol. The summed E-state index contributed by atoms with van der Waals surface area (Å²) < 4.78 is 31.7. The van der Waals surface area contributed by atoms with E-state index in [0.717, 1.165) is 23.5 Å². The molecule has 0 saturated heterocycles. The van der Waals surface area contributed by atoms with E-state index < -0.39 is 17.6 Å². The van der Waals surface area contributed by atoms with Gasteiger partial charge in [0, 0.05) is 6.07 Å². The van der Waals surface area contributed by atoms with Gasteiger partial charge in [-0.25, -0.2) is 18.6 Å². The number of rotatable bonds is 3. The molecule has 8 heteroatoms. The Bertz CT molecular complexity index is 676. The average molecular weight is 363 g/mol. The van der Waals surface area contributed by atoms with Gasteiger partial charge in [0.15, 0.2) is 5.13 Å². The number of aryl methyl sites for hydroxylation is 1. The van der Waals surface area contributed by atoms with Gasteiger partial charge in [-0.05, 0) is 28.9 Å². The molecule has 0 fully saturated rings. The zero-order valence-corrected chi connectivity index (χ0v) is 12.9. The summed E-state index contributed by atoms with van der Waals surface area (Å²) in [5.41, 5.74) is 0.401. The van der Waals surface area contributed by atoms with Crippen molar-refractivity contribution in [1.29, 1.82) is 0 Å². The zero-order chi connectivity index (χ0) is 14.9. The van der Waals surface area contributed by atoms with Crippen molar-refractivity contribution >= 4 is 44.1 Å². The number of nitrogens with zero attached hydrogens (tertiary/aromatic N) is 1. The highest BCUT2D eigenvalue weighted by Gasteiger charge is 2.17. The smallest absolute Gasteiger partial charge is 0.350 e. The number of methoxy groups -OCH3 is 1. The summed E-state index contributed by atoms with van der Waals surface area (Å²) in [6, 6.07) is 2.02. The fourth-order valence-corrected chi connectivity index (χ4v) is 2.68. The molecule has 20 heavy (non-hydrogen) atoms. The summed E-state index contributed by atoms with van der Waals surface area (Å²) in [5, 5.41) is 2.93. The van der Waals surface area contributed by atoms with Crippen LogP contribution in [0.25, 0.3) is 0 Å². The molecule has 2 aromatic rings. The van der Waals surface area contributed by atoms with Gasteiger partial charge in [0.1, 0.15) is 16.5 Å². The van der Waals surface area contributed by atoms with Gasteiger partial charge in [0.25, 0.3) is 0 Å². The summed E-state index contributed by atoms with van der Waals surface area (Å²) in [6.45, 7) is 1.63. The quantitative estimate of drug-likeness (QED) is 0.661. The minimum absolute atomic E-state index is 0.0334. The summed E-state index contributed by atoms with van der Waals surface area (Å²) in [4.78, 5) is 15.8. The molecule has 1 aromatic heterocycles. The van der Waals surface area contributed by atoms with Gasteiger partial charge in [0.05, 0.1) is 23.0 Å². The molecule has 0 saturated carbocycles. The molecular formula is C12H9BrF2N2O2S. The number of hydrogen-bond acceptors (Lipinski definition) is 5. The standard InChI is InChI=1S/C12H9BrF2N2O2S/c1-5-10(11(18)19-2)20-12(16-5)17-9-4-7(14)6(13)3-8(9)15/h3-4H,1-2H3,(H,16,17). The summed E-state index contributed by atoms with van der Waals surface area (Å²) in [5.74, 6) is -1.75. The Morgan fingerprint density at radius 3 is 2.75 bits per heavy atom. The molecule has 0 spiro atoms. The van der Waals surface area contributed by atoms with Gasteiger partial charge in [-0.15, -0.1) is 0 Å². The largest absolute Gasteiger partial charge is 0.465 e. The first-order chi connectivity index (χ1) is 9.42. The molecule has 2 rings (SSSR count). The maximum atomic E-state index is 13.7. The molecule has 4 nitrogen and oxygen atoms in total. The lowest BCUT2D eigenvalue weighted by molar-refractivity contribution is 0.0605. The molecule has 0 amide bonds. The van der Waals surface area contributed by atoms with Crippen molar-refractivity contribution in [1.82, 2.24) is 4.98 Å². The fraction of sp³-hybridized carbons (Fsp3) is 0.167. The van der Waals surface area contributed by atoms with E-state index in [2.05, 4.69) is 31.0 Å². The third-order valence-electron chi connectivity index (χ3n) is 2.42. The maximum Gasteiger partial charge on any atom is 0.350 e. The number of carbonyl (C=O) groups excluding carboxylic acids is 1. The molecule has 1 aromatic carbocycles. The highest BCUT2D eigenvalue weighted by molar-refractivity contribution is 9.10. The Kier molecular flexibility index (Phi) is 4.34. The van der Waals surface area contributed by atoms with E-state index in [-0.39, 0.29) is 15.3 Å². The van der Waals surface area contributed by atoms with Crippen LogP contribution in [0.15, 0.2) is 16.6 Å². The zero-order valence-electron chi connectivity index (χ0n) is 10.5.